The summed E-state index contributed by atoms with van der Waals surface area (Å²) in [7, 11) is 0. The molecule has 0 aliphatic rings. The molecule has 0 fully saturated rings. The fraction of sp³-hybridized carbons (Fsp3) is 0.375. The fourth-order valence-electron chi connectivity index (χ4n) is 3.07. The molecule has 7 heteroatoms. The Kier molecular flexibility index (Phi) is 7.79. The third-order valence-electron chi connectivity index (χ3n) is 4.92. The SMILES string of the molecule is CCCCSc1nnc(CNC(=O)c2ccc(C(C)(C)C)cc2)n1-c1cccc(Cl)c1. The average Bonchev–Trinajstić information content (AvgIpc) is 3.14. The summed E-state index contributed by atoms with van der Waals surface area (Å²) in [5.41, 5.74) is 2.75. The Morgan fingerprint density at radius 2 is 1.87 bits per heavy atom. The number of thioether (sulfide) groups is 1. The maximum Gasteiger partial charge on any atom is 0.251 e. The van der Waals surface area contributed by atoms with Gasteiger partial charge in [-0.05, 0) is 47.7 Å². The van der Waals surface area contributed by atoms with Crippen LogP contribution in [0, 0.1) is 0 Å². The smallest absolute Gasteiger partial charge is 0.251 e. The zero-order valence-electron chi connectivity index (χ0n) is 18.5. The van der Waals surface area contributed by atoms with Gasteiger partial charge in [0, 0.05) is 16.3 Å². The summed E-state index contributed by atoms with van der Waals surface area (Å²) in [6.07, 6.45) is 2.22. The minimum absolute atomic E-state index is 0.0498. The van der Waals surface area contributed by atoms with Gasteiger partial charge in [0.25, 0.3) is 5.91 Å². The summed E-state index contributed by atoms with van der Waals surface area (Å²) < 4.78 is 1.97. The molecular weight excluding hydrogens is 428 g/mol. The van der Waals surface area contributed by atoms with Crippen molar-refractivity contribution in [2.45, 2.75) is 57.7 Å². The Balaban J connectivity index is 1.78. The van der Waals surface area contributed by atoms with E-state index in [2.05, 4.69) is 43.2 Å². The Morgan fingerprint density at radius 1 is 1.13 bits per heavy atom. The second-order valence-corrected chi connectivity index (χ2v) is 9.92. The summed E-state index contributed by atoms with van der Waals surface area (Å²) in [6.45, 7) is 8.90. The van der Waals surface area contributed by atoms with Crippen LogP contribution in [-0.4, -0.2) is 26.4 Å². The first-order valence-corrected chi connectivity index (χ1v) is 11.9. The van der Waals surface area contributed by atoms with Crippen molar-refractivity contribution in [1.29, 1.82) is 0 Å². The molecule has 0 aliphatic heterocycles. The summed E-state index contributed by atoms with van der Waals surface area (Å²) in [6, 6.07) is 15.3. The molecule has 3 rings (SSSR count). The Hall–Kier alpha value is -2.31. The van der Waals surface area contributed by atoms with Gasteiger partial charge in [-0.25, -0.2) is 0 Å². The molecule has 0 aliphatic carbocycles. The van der Waals surface area contributed by atoms with Crippen LogP contribution in [0.25, 0.3) is 5.69 Å². The van der Waals surface area contributed by atoms with Crippen LogP contribution in [0.5, 0.6) is 0 Å². The molecule has 1 amide bonds. The number of amides is 1. The minimum atomic E-state index is -0.138. The van der Waals surface area contributed by atoms with Crippen LogP contribution < -0.4 is 5.32 Å². The first kappa shape index (κ1) is 23.4. The first-order chi connectivity index (χ1) is 14.8. The van der Waals surface area contributed by atoms with Gasteiger partial charge in [-0.1, -0.05) is 75.7 Å². The summed E-state index contributed by atoms with van der Waals surface area (Å²) in [4.78, 5) is 12.7. The highest BCUT2D eigenvalue weighted by Gasteiger charge is 2.17. The van der Waals surface area contributed by atoms with Gasteiger partial charge in [0.05, 0.1) is 12.2 Å². The topological polar surface area (TPSA) is 59.8 Å². The van der Waals surface area contributed by atoms with E-state index < -0.39 is 0 Å². The van der Waals surface area contributed by atoms with Gasteiger partial charge in [0.2, 0.25) is 0 Å². The first-order valence-electron chi connectivity index (χ1n) is 10.5. The molecule has 1 heterocycles. The lowest BCUT2D eigenvalue weighted by atomic mass is 9.87. The lowest BCUT2D eigenvalue weighted by Crippen LogP contribution is -2.25. The highest BCUT2D eigenvalue weighted by Crippen LogP contribution is 2.25. The third kappa shape index (κ3) is 6.11. The molecular formula is C24H29ClN4OS. The summed E-state index contributed by atoms with van der Waals surface area (Å²) in [5, 5.41) is 13.1. The molecule has 0 spiro atoms. The predicted molar refractivity (Wildman–Crippen MR) is 128 cm³/mol. The molecule has 0 unspecified atom stereocenters. The highest BCUT2D eigenvalue weighted by molar-refractivity contribution is 7.99. The number of benzene rings is 2. The molecule has 2 aromatic carbocycles. The van der Waals surface area contributed by atoms with Crippen molar-refractivity contribution < 1.29 is 4.79 Å². The van der Waals surface area contributed by atoms with E-state index in [1.807, 2.05) is 53.1 Å². The zero-order chi connectivity index (χ0) is 22.4. The van der Waals surface area contributed by atoms with Gasteiger partial charge < -0.3 is 5.32 Å². The number of hydrogen-bond donors (Lipinski definition) is 1. The van der Waals surface area contributed by atoms with E-state index in [0.717, 1.165) is 29.4 Å². The van der Waals surface area contributed by atoms with E-state index in [9.17, 15) is 4.79 Å². The molecule has 164 valence electrons. The summed E-state index contributed by atoms with van der Waals surface area (Å²) in [5.74, 6) is 1.49. The van der Waals surface area contributed by atoms with Crippen molar-refractivity contribution >= 4 is 29.3 Å². The highest BCUT2D eigenvalue weighted by atomic mass is 35.5. The summed E-state index contributed by atoms with van der Waals surface area (Å²) >= 11 is 7.88. The lowest BCUT2D eigenvalue weighted by Gasteiger charge is -2.19. The minimum Gasteiger partial charge on any atom is -0.345 e. The Labute approximate surface area is 193 Å². The van der Waals surface area contributed by atoms with Crippen LogP contribution in [0.4, 0.5) is 0 Å². The van der Waals surface area contributed by atoms with E-state index in [-0.39, 0.29) is 17.9 Å². The Morgan fingerprint density at radius 3 is 2.52 bits per heavy atom. The van der Waals surface area contributed by atoms with Crippen molar-refractivity contribution in [3.05, 3.63) is 70.5 Å². The van der Waals surface area contributed by atoms with Crippen LogP contribution in [0.15, 0.2) is 53.7 Å². The number of unbranched alkanes of at least 4 members (excludes halogenated alkanes) is 1. The Bertz CT molecular complexity index is 1020. The molecule has 5 nitrogen and oxygen atoms in total. The van der Waals surface area contributed by atoms with Gasteiger partial charge in [0.15, 0.2) is 11.0 Å². The molecule has 0 radical (unpaired) electrons. The standard InChI is InChI=1S/C24H29ClN4OS/c1-5-6-14-31-23-28-27-21(29(23)20-9-7-8-19(25)15-20)16-26-22(30)17-10-12-18(13-11-17)24(2,3)4/h7-13,15H,5-6,14,16H2,1-4H3,(H,26,30). The third-order valence-corrected chi connectivity index (χ3v) is 6.17. The molecule has 1 N–H and O–H groups in total. The number of nitrogens with zero attached hydrogens (tertiary/aromatic N) is 3. The fourth-order valence-corrected chi connectivity index (χ4v) is 4.31. The van der Waals surface area contributed by atoms with Crippen molar-refractivity contribution in [2.75, 3.05) is 5.75 Å². The van der Waals surface area contributed by atoms with Gasteiger partial charge in [0.1, 0.15) is 0 Å². The normalized spacial score (nSPS) is 11.5. The van der Waals surface area contributed by atoms with Crippen molar-refractivity contribution in [3.8, 4) is 5.69 Å². The van der Waals surface area contributed by atoms with Crippen LogP contribution >= 0.6 is 23.4 Å². The number of halogens is 1. The van der Waals surface area contributed by atoms with Crippen LogP contribution in [-0.2, 0) is 12.0 Å². The number of rotatable bonds is 8. The largest absolute Gasteiger partial charge is 0.345 e. The van der Waals surface area contributed by atoms with Crippen LogP contribution in [0.2, 0.25) is 5.02 Å². The van der Waals surface area contributed by atoms with E-state index in [1.54, 1.807) is 11.8 Å². The van der Waals surface area contributed by atoms with E-state index in [0.29, 0.717) is 16.4 Å². The molecule has 31 heavy (non-hydrogen) atoms. The lowest BCUT2D eigenvalue weighted by molar-refractivity contribution is 0.0949. The molecule has 1 aromatic heterocycles. The predicted octanol–water partition coefficient (Wildman–Crippen LogP) is 6.04. The number of hydrogen-bond acceptors (Lipinski definition) is 4. The van der Waals surface area contributed by atoms with E-state index in [4.69, 9.17) is 11.6 Å². The second kappa shape index (κ2) is 10.3. The van der Waals surface area contributed by atoms with Crippen molar-refractivity contribution in [3.63, 3.8) is 0 Å². The molecule has 0 saturated heterocycles. The monoisotopic (exact) mass is 456 g/mol. The van der Waals surface area contributed by atoms with Gasteiger partial charge in [-0.3, -0.25) is 9.36 Å². The molecule has 0 bridgehead atoms. The van der Waals surface area contributed by atoms with Crippen LogP contribution in [0.1, 0.15) is 62.3 Å². The molecule has 3 aromatic rings. The quantitative estimate of drug-likeness (QED) is 0.331. The maximum atomic E-state index is 12.7. The molecule has 0 atom stereocenters. The maximum absolute atomic E-state index is 12.7. The average molecular weight is 457 g/mol. The van der Waals surface area contributed by atoms with Gasteiger partial charge >= 0.3 is 0 Å². The van der Waals surface area contributed by atoms with Gasteiger partial charge in [-0.2, -0.15) is 0 Å². The number of aromatic nitrogens is 3. The number of carbonyl (C=O) groups is 1. The van der Waals surface area contributed by atoms with Crippen molar-refractivity contribution in [1.82, 2.24) is 20.1 Å². The van der Waals surface area contributed by atoms with Crippen LogP contribution in [0.3, 0.4) is 0 Å². The molecule has 0 saturated carbocycles. The zero-order valence-corrected chi connectivity index (χ0v) is 20.1. The van der Waals surface area contributed by atoms with E-state index in [1.165, 1.54) is 5.56 Å². The number of carbonyl (C=O) groups excluding carboxylic acids is 1. The van der Waals surface area contributed by atoms with Gasteiger partial charge in [-0.15, -0.1) is 10.2 Å². The van der Waals surface area contributed by atoms with E-state index >= 15 is 0 Å². The number of nitrogens with one attached hydrogen (secondary N) is 1. The second-order valence-electron chi connectivity index (χ2n) is 8.43. The van der Waals surface area contributed by atoms with Crippen molar-refractivity contribution in [2.24, 2.45) is 0 Å².